The molecule has 0 unspecified atom stereocenters. The number of ketones is 1. The van der Waals surface area contributed by atoms with Crippen molar-refractivity contribution in [3.63, 3.8) is 0 Å². The Hall–Kier alpha value is -2.41. The SMILES string of the molecule is CCC(=O)Cc1cc(C(=O)NCc2cccc(C(F)(F)F)c2Cl)ccn1. The Labute approximate surface area is 153 Å². The number of nitrogens with zero attached hydrogens (tertiary/aromatic N) is 1. The number of pyridine rings is 1. The number of hydrogen-bond acceptors (Lipinski definition) is 3. The predicted octanol–water partition coefficient (Wildman–Crippen LogP) is 4.21. The third kappa shape index (κ3) is 5.05. The Morgan fingerprint density at radius 2 is 1.96 bits per heavy atom. The summed E-state index contributed by atoms with van der Waals surface area (Å²) < 4.78 is 38.6. The molecule has 26 heavy (non-hydrogen) atoms. The molecule has 0 radical (unpaired) electrons. The Morgan fingerprint density at radius 3 is 2.62 bits per heavy atom. The number of hydrogen-bond donors (Lipinski definition) is 1. The molecule has 8 heteroatoms. The van der Waals surface area contributed by atoms with E-state index in [1.807, 2.05) is 0 Å². The largest absolute Gasteiger partial charge is 0.417 e. The van der Waals surface area contributed by atoms with Gasteiger partial charge in [-0.05, 0) is 23.8 Å². The van der Waals surface area contributed by atoms with Gasteiger partial charge in [-0.2, -0.15) is 13.2 Å². The summed E-state index contributed by atoms with van der Waals surface area (Å²) in [5.41, 5.74) is -0.0657. The van der Waals surface area contributed by atoms with Crippen molar-refractivity contribution in [3.05, 3.63) is 63.9 Å². The molecule has 1 amide bonds. The summed E-state index contributed by atoms with van der Waals surface area (Å²) in [6.07, 6.45) is -2.67. The standard InChI is InChI=1S/C18H16ClF3N2O2/c1-2-14(25)9-13-8-11(6-7-23-13)17(26)24-10-12-4-3-5-15(16(12)19)18(20,21)22/h3-8H,2,9-10H2,1H3,(H,24,26). The molecule has 0 aliphatic heterocycles. The number of halogens is 4. The zero-order chi connectivity index (χ0) is 19.3. The summed E-state index contributed by atoms with van der Waals surface area (Å²) in [4.78, 5) is 27.7. The third-order valence-electron chi connectivity index (χ3n) is 3.67. The van der Waals surface area contributed by atoms with Crippen molar-refractivity contribution in [1.82, 2.24) is 10.3 Å². The van der Waals surface area contributed by atoms with E-state index < -0.39 is 22.7 Å². The maximum Gasteiger partial charge on any atom is 0.417 e. The first-order valence-corrected chi connectivity index (χ1v) is 8.19. The highest BCUT2D eigenvalue weighted by Crippen LogP contribution is 2.36. The zero-order valence-corrected chi connectivity index (χ0v) is 14.6. The number of aromatic nitrogens is 1. The summed E-state index contributed by atoms with van der Waals surface area (Å²) in [6, 6.07) is 6.47. The first kappa shape index (κ1) is 19.9. The van der Waals surface area contributed by atoms with Crippen LogP contribution in [0.4, 0.5) is 13.2 Å². The molecule has 0 atom stereocenters. The lowest BCUT2D eigenvalue weighted by Gasteiger charge is -2.13. The van der Waals surface area contributed by atoms with E-state index in [4.69, 9.17) is 11.6 Å². The van der Waals surface area contributed by atoms with Crippen LogP contribution in [-0.2, 0) is 23.9 Å². The van der Waals surface area contributed by atoms with Crippen LogP contribution in [0.15, 0.2) is 36.5 Å². The van der Waals surface area contributed by atoms with E-state index in [1.54, 1.807) is 6.92 Å². The molecule has 2 aromatic rings. The molecular formula is C18H16ClF3N2O2. The van der Waals surface area contributed by atoms with Crippen molar-refractivity contribution in [3.8, 4) is 0 Å². The number of nitrogens with one attached hydrogen (secondary N) is 1. The van der Waals surface area contributed by atoms with Crippen molar-refractivity contribution < 1.29 is 22.8 Å². The number of carbonyl (C=O) groups excluding carboxylic acids is 2. The fraction of sp³-hybridized carbons (Fsp3) is 0.278. The van der Waals surface area contributed by atoms with Crippen LogP contribution >= 0.6 is 11.6 Å². The molecule has 0 saturated heterocycles. The van der Waals surface area contributed by atoms with Gasteiger partial charge in [0.1, 0.15) is 5.78 Å². The highest BCUT2D eigenvalue weighted by Gasteiger charge is 2.33. The van der Waals surface area contributed by atoms with Crippen LogP contribution in [-0.4, -0.2) is 16.7 Å². The van der Waals surface area contributed by atoms with Gasteiger partial charge in [-0.25, -0.2) is 0 Å². The second kappa shape index (κ2) is 8.31. The van der Waals surface area contributed by atoms with Gasteiger partial charge < -0.3 is 5.32 Å². The molecule has 0 fully saturated rings. The Morgan fingerprint density at radius 1 is 1.23 bits per heavy atom. The highest BCUT2D eigenvalue weighted by atomic mass is 35.5. The maximum absolute atomic E-state index is 12.9. The number of carbonyl (C=O) groups is 2. The minimum atomic E-state index is -4.57. The fourth-order valence-electron chi connectivity index (χ4n) is 2.26. The molecule has 2 rings (SSSR count). The zero-order valence-electron chi connectivity index (χ0n) is 13.9. The smallest absolute Gasteiger partial charge is 0.348 e. The minimum Gasteiger partial charge on any atom is -0.348 e. The van der Waals surface area contributed by atoms with E-state index >= 15 is 0 Å². The van der Waals surface area contributed by atoms with Crippen LogP contribution in [0, 0.1) is 0 Å². The number of amides is 1. The number of Topliss-reactive ketones (excluding diaryl/α,β-unsaturated/α-hetero) is 1. The van der Waals surface area contributed by atoms with Gasteiger partial charge in [0.15, 0.2) is 0 Å². The molecule has 1 heterocycles. The monoisotopic (exact) mass is 384 g/mol. The Kier molecular flexibility index (Phi) is 6.37. The van der Waals surface area contributed by atoms with Crippen molar-refractivity contribution in [2.45, 2.75) is 32.5 Å². The summed E-state index contributed by atoms with van der Waals surface area (Å²) in [6.45, 7) is 1.57. The van der Waals surface area contributed by atoms with Gasteiger partial charge in [0, 0.05) is 36.8 Å². The third-order valence-corrected chi connectivity index (χ3v) is 4.12. The van der Waals surface area contributed by atoms with Crippen LogP contribution in [0.3, 0.4) is 0 Å². The van der Waals surface area contributed by atoms with Crippen LogP contribution < -0.4 is 5.32 Å². The van der Waals surface area contributed by atoms with Gasteiger partial charge in [-0.3, -0.25) is 14.6 Å². The van der Waals surface area contributed by atoms with Gasteiger partial charge in [-0.1, -0.05) is 30.7 Å². The first-order valence-electron chi connectivity index (χ1n) is 7.81. The quantitative estimate of drug-likeness (QED) is 0.811. The van der Waals surface area contributed by atoms with Crippen molar-refractivity contribution in [1.29, 1.82) is 0 Å². The van der Waals surface area contributed by atoms with E-state index in [0.717, 1.165) is 6.07 Å². The average Bonchev–Trinajstić information content (AvgIpc) is 2.59. The first-order chi connectivity index (χ1) is 12.2. The Bertz CT molecular complexity index is 822. The molecule has 0 saturated carbocycles. The van der Waals surface area contributed by atoms with Crippen molar-refractivity contribution in [2.24, 2.45) is 0 Å². The normalized spacial score (nSPS) is 11.3. The van der Waals surface area contributed by atoms with Crippen molar-refractivity contribution in [2.75, 3.05) is 0 Å². The van der Waals surface area contributed by atoms with E-state index in [9.17, 15) is 22.8 Å². The lowest BCUT2D eigenvalue weighted by Crippen LogP contribution is -2.23. The highest BCUT2D eigenvalue weighted by molar-refractivity contribution is 6.32. The number of benzene rings is 1. The summed E-state index contributed by atoms with van der Waals surface area (Å²) in [5, 5.41) is 2.09. The summed E-state index contributed by atoms with van der Waals surface area (Å²) >= 11 is 5.80. The molecular weight excluding hydrogens is 369 g/mol. The minimum absolute atomic E-state index is 0.00851. The van der Waals surface area contributed by atoms with Crippen LogP contribution in [0.1, 0.15) is 40.5 Å². The second-order valence-corrected chi connectivity index (χ2v) is 5.94. The average molecular weight is 385 g/mol. The van der Waals surface area contributed by atoms with Crippen LogP contribution in [0.5, 0.6) is 0 Å². The van der Waals surface area contributed by atoms with Gasteiger partial charge in [0.05, 0.1) is 10.6 Å². The lowest BCUT2D eigenvalue weighted by atomic mass is 10.1. The molecule has 0 bridgehead atoms. The van der Waals surface area contributed by atoms with Gasteiger partial charge in [-0.15, -0.1) is 0 Å². The van der Waals surface area contributed by atoms with E-state index in [1.165, 1.54) is 30.5 Å². The molecule has 1 N–H and O–H groups in total. The van der Waals surface area contributed by atoms with E-state index in [-0.39, 0.29) is 29.9 Å². The number of alkyl halides is 3. The summed E-state index contributed by atoms with van der Waals surface area (Å²) in [5.74, 6) is -0.503. The van der Waals surface area contributed by atoms with Crippen LogP contribution in [0.25, 0.3) is 0 Å². The molecule has 4 nitrogen and oxygen atoms in total. The van der Waals surface area contributed by atoms with Crippen molar-refractivity contribution >= 4 is 23.3 Å². The van der Waals surface area contributed by atoms with E-state index in [0.29, 0.717) is 12.1 Å². The van der Waals surface area contributed by atoms with Gasteiger partial charge in [0.2, 0.25) is 0 Å². The van der Waals surface area contributed by atoms with Crippen LogP contribution in [0.2, 0.25) is 5.02 Å². The van der Waals surface area contributed by atoms with E-state index in [2.05, 4.69) is 10.3 Å². The molecule has 1 aromatic heterocycles. The van der Waals surface area contributed by atoms with Gasteiger partial charge >= 0.3 is 6.18 Å². The molecule has 0 spiro atoms. The summed E-state index contributed by atoms with van der Waals surface area (Å²) in [7, 11) is 0. The van der Waals surface area contributed by atoms with Gasteiger partial charge in [0.25, 0.3) is 5.91 Å². The molecule has 0 aliphatic rings. The topological polar surface area (TPSA) is 59.1 Å². The Balaban J connectivity index is 2.10. The predicted molar refractivity (Wildman–Crippen MR) is 90.9 cm³/mol. The second-order valence-electron chi connectivity index (χ2n) is 5.56. The fourth-order valence-corrected chi connectivity index (χ4v) is 2.56. The molecule has 0 aliphatic carbocycles. The molecule has 1 aromatic carbocycles. The maximum atomic E-state index is 12.9. The number of rotatable bonds is 6. The lowest BCUT2D eigenvalue weighted by molar-refractivity contribution is -0.137. The molecule has 138 valence electrons.